The van der Waals surface area contributed by atoms with Crippen LogP contribution in [0.25, 0.3) is 0 Å². The molecule has 0 fully saturated rings. The molecule has 0 aliphatic carbocycles. The number of nitrogens with one attached hydrogen (secondary N) is 1. The lowest BCUT2D eigenvalue weighted by atomic mass is 10.0. The topological polar surface area (TPSA) is 12.0 Å². The molecule has 1 unspecified atom stereocenters. The summed E-state index contributed by atoms with van der Waals surface area (Å²) in [5.74, 6) is -2.95. The van der Waals surface area contributed by atoms with Crippen molar-refractivity contribution in [1.82, 2.24) is 5.32 Å². The zero-order valence-corrected chi connectivity index (χ0v) is 8.78. The zero-order valence-electron chi connectivity index (χ0n) is 8.02. The van der Waals surface area contributed by atoms with Crippen LogP contribution >= 0.6 is 11.6 Å². The Hall–Kier alpha value is -0.670. The van der Waals surface area contributed by atoms with Crippen LogP contribution in [-0.2, 0) is 5.92 Å². The fourth-order valence-electron chi connectivity index (χ4n) is 1.15. The molecule has 0 aliphatic rings. The van der Waals surface area contributed by atoms with Crippen molar-refractivity contribution in [2.45, 2.75) is 18.9 Å². The van der Waals surface area contributed by atoms with Gasteiger partial charge in [0.05, 0.1) is 6.04 Å². The summed E-state index contributed by atoms with van der Waals surface area (Å²) in [5.41, 5.74) is -0.136. The van der Waals surface area contributed by atoms with E-state index in [-0.39, 0.29) is 10.6 Å². The van der Waals surface area contributed by atoms with Crippen LogP contribution in [0.3, 0.4) is 0 Å². The molecule has 0 spiro atoms. The molecule has 1 N–H and O–H groups in total. The Morgan fingerprint density at radius 2 is 1.93 bits per heavy atom. The molecule has 0 aromatic heterocycles. The van der Waals surface area contributed by atoms with Gasteiger partial charge in [-0.2, -0.15) is 8.78 Å². The van der Waals surface area contributed by atoms with Crippen LogP contribution in [0, 0.1) is 0 Å². The molecule has 0 saturated heterocycles. The van der Waals surface area contributed by atoms with Gasteiger partial charge in [0.1, 0.15) is 0 Å². The van der Waals surface area contributed by atoms with Crippen LogP contribution in [0.1, 0.15) is 12.5 Å². The summed E-state index contributed by atoms with van der Waals surface area (Å²) >= 11 is 5.70. The Bertz CT molecular complexity index is 315. The molecule has 0 saturated carbocycles. The summed E-state index contributed by atoms with van der Waals surface area (Å²) < 4.78 is 27.3. The first-order chi connectivity index (χ1) is 6.50. The highest BCUT2D eigenvalue weighted by molar-refractivity contribution is 6.31. The van der Waals surface area contributed by atoms with Gasteiger partial charge in [0.2, 0.25) is 0 Å². The third-order valence-corrected chi connectivity index (χ3v) is 2.54. The highest BCUT2D eigenvalue weighted by Crippen LogP contribution is 2.35. The van der Waals surface area contributed by atoms with Gasteiger partial charge in [0, 0.05) is 10.6 Å². The Morgan fingerprint density at radius 1 is 1.36 bits per heavy atom. The second-order valence-corrected chi connectivity index (χ2v) is 3.52. The predicted octanol–water partition coefficient (Wildman–Crippen LogP) is 3.04. The molecular weight excluding hydrogens is 208 g/mol. The first kappa shape index (κ1) is 11.4. The van der Waals surface area contributed by atoms with Crippen LogP contribution in [-0.4, -0.2) is 13.1 Å². The number of alkyl halides is 2. The quantitative estimate of drug-likeness (QED) is 0.824. The zero-order chi connectivity index (χ0) is 10.8. The smallest absolute Gasteiger partial charge is 0.289 e. The third-order valence-electron chi connectivity index (χ3n) is 2.21. The summed E-state index contributed by atoms with van der Waals surface area (Å²) in [5, 5.41) is 2.62. The van der Waals surface area contributed by atoms with Crippen molar-refractivity contribution in [3.63, 3.8) is 0 Å². The number of likely N-dealkylation sites (N-methyl/N-ethyl adjacent to an activating group) is 1. The van der Waals surface area contributed by atoms with Crippen molar-refractivity contribution in [2.24, 2.45) is 0 Å². The molecule has 0 bridgehead atoms. The van der Waals surface area contributed by atoms with Gasteiger partial charge in [0.25, 0.3) is 5.92 Å². The lowest BCUT2D eigenvalue weighted by Crippen LogP contribution is -2.38. The van der Waals surface area contributed by atoms with Crippen molar-refractivity contribution in [3.05, 3.63) is 34.9 Å². The second-order valence-electron chi connectivity index (χ2n) is 3.11. The van der Waals surface area contributed by atoms with Crippen molar-refractivity contribution in [2.75, 3.05) is 7.05 Å². The van der Waals surface area contributed by atoms with Crippen molar-refractivity contribution < 1.29 is 8.78 Å². The molecule has 0 aliphatic heterocycles. The summed E-state index contributed by atoms with van der Waals surface area (Å²) in [7, 11) is 1.50. The molecule has 1 rings (SSSR count). The Balaban J connectivity index is 3.09. The van der Waals surface area contributed by atoms with Gasteiger partial charge < -0.3 is 5.32 Å². The molecule has 4 heteroatoms. The normalized spacial score (nSPS) is 14.1. The van der Waals surface area contributed by atoms with Gasteiger partial charge in [-0.25, -0.2) is 0 Å². The van der Waals surface area contributed by atoms with E-state index in [0.29, 0.717) is 0 Å². The fraction of sp³-hybridized carbons (Fsp3) is 0.400. The summed E-state index contributed by atoms with van der Waals surface area (Å²) in [6.07, 6.45) is 0. The van der Waals surface area contributed by atoms with Crippen LogP contribution in [0.2, 0.25) is 5.02 Å². The third kappa shape index (κ3) is 2.04. The lowest BCUT2D eigenvalue weighted by molar-refractivity contribution is -0.0352. The van der Waals surface area contributed by atoms with Gasteiger partial charge in [-0.3, -0.25) is 0 Å². The maximum absolute atomic E-state index is 13.7. The largest absolute Gasteiger partial charge is 0.312 e. The molecule has 14 heavy (non-hydrogen) atoms. The van der Waals surface area contributed by atoms with E-state index < -0.39 is 12.0 Å². The number of benzene rings is 1. The van der Waals surface area contributed by atoms with E-state index in [1.54, 1.807) is 12.1 Å². The fourth-order valence-corrected chi connectivity index (χ4v) is 1.41. The second kappa shape index (κ2) is 4.24. The Labute approximate surface area is 87.1 Å². The Morgan fingerprint density at radius 3 is 2.43 bits per heavy atom. The molecular formula is C10H12ClF2N. The molecule has 78 valence electrons. The first-order valence-corrected chi connectivity index (χ1v) is 4.68. The van der Waals surface area contributed by atoms with E-state index in [1.165, 1.54) is 26.1 Å². The van der Waals surface area contributed by atoms with Crippen molar-refractivity contribution in [1.29, 1.82) is 0 Å². The lowest BCUT2D eigenvalue weighted by Gasteiger charge is -2.24. The van der Waals surface area contributed by atoms with E-state index in [4.69, 9.17) is 11.6 Å². The van der Waals surface area contributed by atoms with Crippen LogP contribution in [0.5, 0.6) is 0 Å². The molecule has 1 aromatic rings. The highest BCUT2D eigenvalue weighted by Gasteiger charge is 2.39. The maximum Gasteiger partial charge on any atom is 0.289 e. The molecule has 1 aromatic carbocycles. The van der Waals surface area contributed by atoms with Crippen LogP contribution in [0.4, 0.5) is 8.78 Å². The average Bonchev–Trinajstić information content (AvgIpc) is 2.17. The average molecular weight is 220 g/mol. The maximum atomic E-state index is 13.7. The van der Waals surface area contributed by atoms with E-state index in [9.17, 15) is 8.78 Å². The minimum absolute atomic E-state index is 0.0969. The van der Waals surface area contributed by atoms with Crippen molar-refractivity contribution in [3.8, 4) is 0 Å². The van der Waals surface area contributed by atoms with Gasteiger partial charge in [0.15, 0.2) is 0 Å². The number of hydrogen-bond acceptors (Lipinski definition) is 1. The van der Waals surface area contributed by atoms with E-state index in [2.05, 4.69) is 5.32 Å². The molecule has 1 atom stereocenters. The van der Waals surface area contributed by atoms with E-state index >= 15 is 0 Å². The number of rotatable bonds is 3. The first-order valence-electron chi connectivity index (χ1n) is 4.30. The SMILES string of the molecule is CNC(C)C(F)(F)c1ccccc1Cl. The standard InChI is InChI=1S/C10H12ClF2N/c1-7(14-2)10(12,13)8-5-3-4-6-9(8)11/h3-7,14H,1-2H3. The monoisotopic (exact) mass is 219 g/mol. The number of hydrogen-bond donors (Lipinski definition) is 1. The highest BCUT2D eigenvalue weighted by atomic mass is 35.5. The molecule has 0 heterocycles. The minimum Gasteiger partial charge on any atom is -0.312 e. The summed E-state index contributed by atoms with van der Waals surface area (Å²) in [4.78, 5) is 0. The van der Waals surface area contributed by atoms with Crippen LogP contribution in [0.15, 0.2) is 24.3 Å². The van der Waals surface area contributed by atoms with E-state index in [1.807, 2.05) is 0 Å². The number of halogens is 3. The van der Waals surface area contributed by atoms with Crippen molar-refractivity contribution >= 4 is 11.6 Å². The van der Waals surface area contributed by atoms with E-state index in [0.717, 1.165) is 0 Å². The Kier molecular flexibility index (Phi) is 3.45. The van der Waals surface area contributed by atoms with Gasteiger partial charge in [-0.1, -0.05) is 29.8 Å². The summed E-state index contributed by atoms with van der Waals surface area (Å²) in [6, 6.07) is 5.05. The minimum atomic E-state index is -2.95. The van der Waals surface area contributed by atoms with Gasteiger partial charge >= 0.3 is 0 Å². The van der Waals surface area contributed by atoms with Gasteiger partial charge in [-0.05, 0) is 20.0 Å². The molecule has 0 radical (unpaired) electrons. The van der Waals surface area contributed by atoms with Gasteiger partial charge in [-0.15, -0.1) is 0 Å². The summed E-state index contributed by atoms with van der Waals surface area (Å²) in [6.45, 7) is 1.42. The predicted molar refractivity (Wildman–Crippen MR) is 53.9 cm³/mol. The molecule has 0 amide bonds. The molecule has 1 nitrogen and oxygen atoms in total. The van der Waals surface area contributed by atoms with Crippen LogP contribution < -0.4 is 5.32 Å².